The van der Waals surface area contributed by atoms with Gasteiger partial charge in [0, 0.05) is 23.9 Å². The minimum Gasteiger partial charge on any atom is -0.354 e. The molecule has 0 aliphatic rings. The second-order valence-corrected chi connectivity index (χ2v) is 10.0. The van der Waals surface area contributed by atoms with E-state index in [0.29, 0.717) is 6.42 Å². The molecule has 0 radical (unpaired) electrons. The Hall–Kier alpha value is -3.38. The van der Waals surface area contributed by atoms with Crippen molar-refractivity contribution in [1.82, 2.24) is 0 Å². The van der Waals surface area contributed by atoms with Crippen molar-refractivity contribution in [3.63, 3.8) is 0 Å². The highest BCUT2D eigenvalue weighted by Gasteiger charge is 2.09. The van der Waals surface area contributed by atoms with Crippen LogP contribution in [0.2, 0.25) is 0 Å². The first kappa shape index (κ1) is 46.0. The Morgan fingerprint density at radius 3 is 1.91 bits per heavy atom. The molecule has 0 aromatic heterocycles. The molecule has 0 aliphatic carbocycles. The van der Waals surface area contributed by atoms with Crippen molar-refractivity contribution in [1.29, 1.82) is 0 Å². The summed E-state index contributed by atoms with van der Waals surface area (Å²) in [6.07, 6.45) is 11.1. The number of Topliss-reactive ketones (excluding diaryl/α,β-unsaturated/α-hetero) is 1. The van der Waals surface area contributed by atoms with Gasteiger partial charge in [-0.15, -0.1) is 0 Å². The standard InChI is InChI=1S/C26H32N2O.C5H13N.C4H8.C2H4F2.C2H6/c1-7-9-25(28-23-14-15-24(19(4)16-23)26(29)8-2)21(6)27-17-20(5)22-12-10-18(3)11-13-22;1-2-3-4-5-6;1-3-4-2;1-2(3)4;1-2/h9-17,28H,7-8H2,1-6H3;2-6H2,1H3;3-4H,1-2H3;2H,1H3;1-2H3/b20-17+,25-9-,27-21+;;4-3-;;. The molecule has 2 aromatic carbocycles. The monoisotopic (exact) mass is 627 g/mol. The summed E-state index contributed by atoms with van der Waals surface area (Å²) in [6.45, 7) is 24.0. The third kappa shape index (κ3) is 24.6. The highest BCUT2D eigenvalue weighted by atomic mass is 19.3. The summed E-state index contributed by atoms with van der Waals surface area (Å²) < 4.78 is 20.7. The Balaban J connectivity index is -0.000000913. The summed E-state index contributed by atoms with van der Waals surface area (Å²) in [6, 6.07) is 14.4. The van der Waals surface area contributed by atoms with Gasteiger partial charge in [0.1, 0.15) is 0 Å². The van der Waals surface area contributed by atoms with E-state index in [9.17, 15) is 13.6 Å². The van der Waals surface area contributed by atoms with Crippen LogP contribution in [0.1, 0.15) is 128 Å². The normalized spacial score (nSPS) is 11.2. The van der Waals surface area contributed by atoms with Crippen molar-refractivity contribution in [3.05, 3.63) is 94.8 Å². The Labute approximate surface area is 275 Å². The molecular formula is C39H63F2N3O. The number of unbranched alkanes of at least 4 members (excludes halogenated alkanes) is 2. The van der Waals surface area contributed by atoms with Gasteiger partial charge in [-0.25, -0.2) is 8.78 Å². The fourth-order valence-corrected chi connectivity index (χ4v) is 3.44. The van der Waals surface area contributed by atoms with Gasteiger partial charge in [-0.3, -0.25) is 9.79 Å². The van der Waals surface area contributed by atoms with E-state index in [0.717, 1.165) is 53.7 Å². The van der Waals surface area contributed by atoms with Crippen LogP contribution in [0.15, 0.2) is 77.6 Å². The molecule has 0 saturated carbocycles. The molecule has 0 bridgehead atoms. The molecule has 2 rings (SSSR count). The summed E-state index contributed by atoms with van der Waals surface area (Å²) >= 11 is 0. The lowest BCUT2D eigenvalue weighted by molar-refractivity contribution is 0.0987. The Morgan fingerprint density at radius 1 is 0.956 bits per heavy atom. The maximum Gasteiger partial charge on any atom is 0.235 e. The molecule has 3 N–H and O–H groups in total. The Morgan fingerprint density at radius 2 is 1.51 bits per heavy atom. The second-order valence-electron chi connectivity index (χ2n) is 10.0. The highest BCUT2D eigenvalue weighted by Crippen LogP contribution is 2.20. The van der Waals surface area contributed by atoms with E-state index in [1.165, 1.54) is 30.4 Å². The average Bonchev–Trinajstić information content (AvgIpc) is 3.03. The number of anilines is 1. The van der Waals surface area contributed by atoms with Crippen LogP contribution < -0.4 is 11.1 Å². The molecule has 0 atom stereocenters. The summed E-state index contributed by atoms with van der Waals surface area (Å²) in [5.74, 6) is 0.174. The molecule has 254 valence electrons. The number of allylic oxidation sites excluding steroid dienone is 5. The predicted octanol–water partition coefficient (Wildman–Crippen LogP) is 12.1. The minimum absolute atomic E-state index is 0.174. The largest absolute Gasteiger partial charge is 0.354 e. The van der Waals surface area contributed by atoms with Crippen molar-refractivity contribution >= 4 is 22.8 Å². The first-order valence-electron chi connectivity index (χ1n) is 16.4. The van der Waals surface area contributed by atoms with Gasteiger partial charge in [0.05, 0.1) is 11.4 Å². The summed E-state index contributed by atoms with van der Waals surface area (Å²) in [5, 5.41) is 3.47. The fourth-order valence-electron chi connectivity index (χ4n) is 3.44. The number of aryl methyl sites for hydroxylation is 2. The van der Waals surface area contributed by atoms with Crippen molar-refractivity contribution in [2.75, 3.05) is 11.9 Å². The second kappa shape index (κ2) is 30.6. The van der Waals surface area contributed by atoms with Crippen molar-refractivity contribution in [3.8, 4) is 0 Å². The molecule has 45 heavy (non-hydrogen) atoms. The van der Waals surface area contributed by atoms with Crippen LogP contribution in [0.5, 0.6) is 0 Å². The van der Waals surface area contributed by atoms with E-state index in [1.807, 2.05) is 85.0 Å². The van der Waals surface area contributed by atoms with Gasteiger partial charge in [0.25, 0.3) is 0 Å². The Kier molecular flexibility index (Phi) is 31.3. The molecule has 0 amide bonds. The van der Waals surface area contributed by atoms with Crippen LogP contribution in [0.4, 0.5) is 14.5 Å². The first-order chi connectivity index (χ1) is 21.4. The van der Waals surface area contributed by atoms with Crippen molar-refractivity contribution < 1.29 is 13.6 Å². The van der Waals surface area contributed by atoms with E-state index in [2.05, 4.69) is 68.3 Å². The molecule has 4 nitrogen and oxygen atoms in total. The smallest absolute Gasteiger partial charge is 0.235 e. The fraction of sp³-hybridized carbons (Fsp3) is 0.487. The van der Waals surface area contributed by atoms with Gasteiger partial charge in [0.2, 0.25) is 6.43 Å². The lowest BCUT2D eigenvalue weighted by atomic mass is 10.0. The van der Waals surface area contributed by atoms with Gasteiger partial charge in [-0.1, -0.05) is 95.5 Å². The Bertz CT molecular complexity index is 1140. The van der Waals surface area contributed by atoms with E-state index in [-0.39, 0.29) is 5.78 Å². The number of benzene rings is 2. The summed E-state index contributed by atoms with van der Waals surface area (Å²) in [5.41, 5.74) is 13.4. The average molecular weight is 628 g/mol. The molecule has 6 heteroatoms. The van der Waals surface area contributed by atoms with Crippen LogP contribution in [0, 0.1) is 13.8 Å². The molecule has 0 spiro atoms. The number of aliphatic imine (C=N–C) groups is 1. The van der Waals surface area contributed by atoms with Gasteiger partial charge in [0.15, 0.2) is 5.78 Å². The number of hydrogen-bond donors (Lipinski definition) is 2. The van der Waals surface area contributed by atoms with Gasteiger partial charge >= 0.3 is 0 Å². The molecule has 0 heterocycles. The van der Waals surface area contributed by atoms with Crippen LogP contribution in [-0.4, -0.2) is 24.5 Å². The third-order valence-electron chi connectivity index (χ3n) is 6.02. The summed E-state index contributed by atoms with van der Waals surface area (Å²) in [7, 11) is 0. The number of hydrogen-bond acceptors (Lipinski definition) is 4. The van der Waals surface area contributed by atoms with E-state index < -0.39 is 6.43 Å². The number of nitrogens with zero attached hydrogens (tertiary/aromatic N) is 1. The summed E-state index contributed by atoms with van der Waals surface area (Å²) in [4.78, 5) is 16.7. The zero-order chi connectivity index (χ0) is 35.2. The van der Waals surface area contributed by atoms with E-state index in [1.54, 1.807) is 0 Å². The highest BCUT2D eigenvalue weighted by molar-refractivity contribution is 6.02. The number of ketones is 1. The maximum atomic E-state index is 12.0. The van der Waals surface area contributed by atoms with Crippen LogP contribution >= 0.6 is 0 Å². The number of carbonyl (C=O) groups is 1. The quantitative estimate of drug-likeness (QED) is 0.113. The van der Waals surface area contributed by atoms with Crippen LogP contribution in [-0.2, 0) is 0 Å². The first-order valence-corrected chi connectivity index (χ1v) is 16.4. The van der Waals surface area contributed by atoms with E-state index >= 15 is 0 Å². The van der Waals surface area contributed by atoms with Crippen LogP contribution in [0.25, 0.3) is 5.57 Å². The number of carbonyl (C=O) groups excluding carboxylic acids is 1. The SMILES string of the molecule is C/C=C\C.CC.CC(F)F.CC/C=C(Nc1ccc(C(=O)CC)c(C)c1)/C(C)=N/C=C(\C)c1ccc(C)cc1.CCCCCN. The van der Waals surface area contributed by atoms with Crippen molar-refractivity contribution in [2.45, 2.75) is 122 Å². The van der Waals surface area contributed by atoms with Crippen molar-refractivity contribution in [2.24, 2.45) is 10.7 Å². The topological polar surface area (TPSA) is 67.5 Å². The number of nitrogens with two attached hydrogens (primary N) is 1. The molecule has 0 saturated heterocycles. The van der Waals surface area contributed by atoms with E-state index in [4.69, 9.17) is 5.73 Å². The van der Waals surface area contributed by atoms with Crippen LogP contribution in [0.3, 0.4) is 0 Å². The molecule has 0 aliphatic heterocycles. The molecule has 0 unspecified atom stereocenters. The number of alkyl halides is 2. The lowest BCUT2D eigenvalue weighted by Crippen LogP contribution is -2.09. The third-order valence-corrected chi connectivity index (χ3v) is 6.02. The van der Waals surface area contributed by atoms with Gasteiger partial charge in [-0.05, 0) is 103 Å². The minimum atomic E-state index is -2.17. The molecular weight excluding hydrogens is 564 g/mol. The zero-order valence-electron chi connectivity index (χ0n) is 30.4. The molecule has 2 aromatic rings. The van der Waals surface area contributed by atoms with Gasteiger partial charge < -0.3 is 11.1 Å². The lowest BCUT2D eigenvalue weighted by Gasteiger charge is -2.13. The maximum absolute atomic E-state index is 12.0. The zero-order valence-corrected chi connectivity index (χ0v) is 30.4. The number of halogens is 2. The number of rotatable bonds is 11. The van der Waals surface area contributed by atoms with Gasteiger partial charge in [-0.2, -0.15) is 0 Å². The predicted molar refractivity (Wildman–Crippen MR) is 198 cm³/mol. The molecule has 0 fully saturated rings. The number of nitrogens with one attached hydrogen (secondary N) is 1.